The van der Waals surface area contributed by atoms with E-state index in [1.54, 1.807) is 0 Å². The lowest BCUT2D eigenvalue weighted by molar-refractivity contribution is 0.843. The van der Waals surface area contributed by atoms with Gasteiger partial charge in [0, 0.05) is 29.3 Å². The molecular formula is C20H25IN6S. The first-order valence-electron chi connectivity index (χ1n) is 9.00. The van der Waals surface area contributed by atoms with Crippen LogP contribution in [0.5, 0.6) is 0 Å². The van der Waals surface area contributed by atoms with Gasteiger partial charge in [0.15, 0.2) is 11.8 Å². The molecule has 0 atom stereocenters. The number of hydrogen-bond donors (Lipinski definition) is 3. The molecule has 0 fully saturated rings. The molecule has 0 spiro atoms. The number of aromatic nitrogens is 3. The zero-order valence-electron chi connectivity index (χ0n) is 15.8. The molecule has 0 aliphatic carbocycles. The van der Waals surface area contributed by atoms with Crippen LogP contribution in [0.2, 0.25) is 0 Å². The summed E-state index contributed by atoms with van der Waals surface area (Å²) >= 11 is 1.83. The molecule has 1 heterocycles. The van der Waals surface area contributed by atoms with Crippen LogP contribution in [-0.2, 0) is 6.54 Å². The number of nitrogens with zero attached hydrogens (tertiary/aromatic N) is 3. The fourth-order valence-electron chi connectivity index (χ4n) is 2.53. The number of aliphatic imine (C=N–C) groups is 1. The van der Waals surface area contributed by atoms with Crippen LogP contribution in [0.25, 0.3) is 11.4 Å². The fourth-order valence-corrected chi connectivity index (χ4v) is 3.32. The molecule has 0 aliphatic rings. The molecule has 148 valence electrons. The summed E-state index contributed by atoms with van der Waals surface area (Å²) < 4.78 is 0. The fraction of sp³-hybridized carbons (Fsp3) is 0.250. The Labute approximate surface area is 187 Å². The predicted molar refractivity (Wildman–Crippen MR) is 127 cm³/mol. The van der Waals surface area contributed by atoms with E-state index in [1.807, 2.05) is 30.0 Å². The third-order valence-corrected chi connectivity index (χ3v) is 4.80. The SMILES string of the molecule is CCNC(=NCc1cccc(-c2ncn[nH]2)c1)NCCSc1ccccc1.I. The number of halogens is 1. The number of hydrogen-bond acceptors (Lipinski definition) is 4. The van der Waals surface area contributed by atoms with Crippen LogP contribution in [0, 0.1) is 0 Å². The molecule has 3 rings (SSSR count). The standard InChI is InChI=1S/C20H24N6S.HI/c1-2-21-20(22-11-12-27-18-9-4-3-5-10-18)23-14-16-7-6-8-17(13-16)19-24-15-25-26-19;/h3-10,13,15H,2,11-12,14H2,1H3,(H2,21,22,23)(H,24,25,26);1H. The van der Waals surface area contributed by atoms with Crippen LogP contribution in [0.1, 0.15) is 12.5 Å². The molecule has 28 heavy (non-hydrogen) atoms. The van der Waals surface area contributed by atoms with Gasteiger partial charge >= 0.3 is 0 Å². The molecule has 0 unspecified atom stereocenters. The number of H-pyrrole nitrogens is 1. The van der Waals surface area contributed by atoms with Gasteiger partial charge in [0.2, 0.25) is 0 Å². The van der Waals surface area contributed by atoms with Crippen molar-refractivity contribution in [3.8, 4) is 11.4 Å². The Hall–Kier alpha value is -2.07. The minimum absolute atomic E-state index is 0. The minimum atomic E-state index is 0. The van der Waals surface area contributed by atoms with Crippen molar-refractivity contribution in [1.29, 1.82) is 0 Å². The monoisotopic (exact) mass is 508 g/mol. The van der Waals surface area contributed by atoms with E-state index in [2.05, 4.69) is 74.1 Å². The third-order valence-electron chi connectivity index (χ3n) is 3.79. The van der Waals surface area contributed by atoms with Crippen molar-refractivity contribution in [3.63, 3.8) is 0 Å². The first kappa shape index (κ1) is 22.2. The van der Waals surface area contributed by atoms with E-state index in [-0.39, 0.29) is 24.0 Å². The summed E-state index contributed by atoms with van der Waals surface area (Å²) in [6.07, 6.45) is 1.51. The molecule has 1 aromatic heterocycles. The number of benzene rings is 2. The Morgan fingerprint density at radius 1 is 1.11 bits per heavy atom. The van der Waals surface area contributed by atoms with Crippen molar-refractivity contribution in [2.75, 3.05) is 18.8 Å². The lowest BCUT2D eigenvalue weighted by Crippen LogP contribution is -2.38. The van der Waals surface area contributed by atoms with E-state index in [0.717, 1.165) is 41.8 Å². The van der Waals surface area contributed by atoms with E-state index >= 15 is 0 Å². The van der Waals surface area contributed by atoms with Crippen LogP contribution >= 0.6 is 35.7 Å². The Bertz CT molecular complexity index is 839. The first-order chi connectivity index (χ1) is 13.3. The quantitative estimate of drug-likeness (QED) is 0.141. The van der Waals surface area contributed by atoms with E-state index in [0.29, 0.717) is 6.54 Å². The van der Waals surface area contributed by atoms with Gasteiger partial charge in [0.05, 0.1) is 6.54 Å². The highest BCUT2D eigenvalue weighted by Gasteiger charge is 2.02. The van der Waals surface area contributed by atoms with Crippen LogP contribution in [0.3, 0.4) is 0 Å². The molecule has 0 radical (unpaired) electrons. The Balaban J connectivity index is 0.00000280. The maximum atomic E-state index is 4.69. The summed E-state index contributed by atoms with van der Waals surface area (Å²) in [5.74, 6) is 2.58. The summed E-state index contributed by atoms with van der Waals surface area (Å²) in [6, 6.07) is 18.6. The highest BCUT2D eigenvalue weighted by atomic mass is 127. The second kappa shape index (κ2) is 12.4. The number of thioether (sulfide) groups is 1. The van der Waals surface area contributed by atoms with Gasteiger partial charge in [-0.25, -0.2) is 9.98 Å². The zero-order chi connectivity index (χ0) is 18.7. The molecule has 0 bridgehead atoms. The Morgan fingerprint density at radius 2 is 1.96 bits per heavy atom. The molecule has 8 heteroatoms. The molecule has 3 aromatic rings. The van der Waals surface area contributed by atoms with E-state index in [4.69, 9.17) is 0 Å². The smallest absolute Gasteiger partial charge is 0.191 e. The highest BCUT2D eigenvalue weighted by Crippen LogP contribution is 2.16. The van der Waals surface area contributed by atoms with Gasteiger partial charge < -0.3 is 10.6 Å². The molecule has 0 saturated carbocycles. The molecular weight excluding hydrogens is 483 g/mol. The van der Waals surface area contributed by atoms with E-state index in [9.17, 15) is 0 Å². The van der Waals surface area contributed by atoms with Crippen molar-refractivity contribution in [2.45, 2.75) is 18.4 Å². The summed E-state index contributed by atoms with van der Waals surface area (Å²) in [7, 11) is 0. The van der Waals surface area contributed by atoms with E-state index < -0.39 is 0 Å². The van der Waals surface area contributed by atoms with Crippen molar-refractivity contribution >= 4 is 41.7 Å². The number of guanidine groups is 1. The molecule has 6 nitrogen and oxygen atoms in total. The highest BCUT2D eigenvalue weighted by molar-refractivity contribution is 14.0. The van der Waals surface area contributed by atoms with E-state index in [1.165, 1.54) is 11.2 Å². The molecule has 3 N–H and O–H groups in total. The number of rotatable bonds is 8. The van der Waals surface area contributed by atoms with Gasteiger partial charge in [-0.1, -0.05) is 36.4 Å². The van der Waals surface area contributed by atoms with Gasteiger partial charge in [-0.05, 0) is 30.7 Å². The molecule has 2 aromatic carbocycles. The van der Waals surface area contributed by atoms with Crippen LogP contribution in [-0.4, -0.2) is 40.0 Å². The lowest BCUT2D eigenvalue weighted by atomic mass is 10.1. The van der Waals surface area contributed by atoms with Gasteiger partial charge in [-0.3, -0.25) is 5.10 Å². The summed E-state index contributed by atoms with van der Waals surface area (Å²) in [5.41, 5.74) is 2.14. The normalized spacial score (nSPS) is 11.0. The average molecular weight is 508 g/mol. The van der Waals surface area contributed by atoms with Crippen LogP contribution in [0.15, 0.2) is 70.8 Å². The molecule has 0 aliphatic heterocycles. The maximum Gasteiger partial charge on any atom is 0.191 e. The van der Waals surface area contributed by atoms with Crippen molar-refractivity contribution in [1.82, 2.24) is 25.8 Å². The lowest BCUT2D eigenvalue weighted by Gasteiger charge is -2.11. The van der Waals surface area contributed by atoms with Crippen molar-refractivity contribution in [2.24, 2.45) is 4.99 Å². The Morgan fingerprint density at radius 3 is 2.71 bits per heavy atom. The maximum absolute atomic E-state index is 4.69. The second-order valence-electron chi connectivity index (χ2n) is 5.82. The predicted octanol–water partition coefficient (Wildman–Crippen LogP) is 3.94. The van der Waals surface area contributed by atoms with Gasteiger partial charge in [0.25, 0.3) is 0 Å². The average Bonchev–Trinajstić information content (AvgIpc) is 3.25. The topological polar surface area (TPSA) is 78.0 Å². The summed E-state index contributed by atoms with van der Waals surface area (Å²) in [6.45, 7) is 4.35. The third kappa shape index (κ3) is 7.16. The van der Waals surface area contributed by atoms with Crippen LogP contribution < -0.4 is 10.6 Å². The van der Waals surface area contributed by atoms with Gasteiger partial charge in [0.1, 0.15) is 6.33 Å². The van der Waals surface area contributed by atoms with Crippen LogP contribution in [0.4, 0.5) is 0 Å². The molecule has 0 amide bonds. The Kier molecular flexibility index (Phi) is 9.84. The van der Waals surface area contributed by atoms with Gasteiger partial charge in [-0.2, -0.15) is 5.10 Å². The first-order valence-corrected chi connectivity index (χ1v) is 9.98. The van der Waals surface area contributed by atoms with Crippen molar-refractivity contribution in [3.05, 3.63) is 66.5 Å². The van der Waals surface area contributed by atoms with Gasteiger partial charge in [-0.15, -0.1) is 35.7 Å². The summed E-state index contributed by atoms with van der Waals surface area (Å²) in [5, 5.41) is 13.5. The molecule has 0 saturated heterocycles. The second-order valence-corrected chi connectivity index (χ2v) is 6.99. The number of nitrogens with one attached hydrogen (secondary N) is 3. The number of aromatic amines is 1. The zero-order valence-corrected chi connectivity index (χ0v) is 18.9. The van der Waals surface area contributed by atoms with Crippen molar-refractivity contribution < 1.29 is 0 Å². The summed E-state index contributed by atoms with van der Waals surface area (Å²) in [4.78, 5) is 10.2. The minimum Gasteiger partial charge on any atom is -0.357 e. The largest absolute Gasteiger partial charge is 0.357 e.